The fraction of sp³-hybridized carbons (Fsp3) is 0.300. The molecular weight excluding hydrogens is 350 g/mol. The summed E-state index contributed by atoms with van der Waals surface area (Å²) in [5, 5.41) is 3.61. The molecule has 0 radical (unpaired) electrons. The molecule has 0 bridgehead atoms. The van der Waals surface area contributed by atoms with Crippen LogP contribution < -0.4 is 10.2 Å². The van der Waals surface area contributed by atoms with Gasteiger partial charge in [-0.25, -0.2) is 4.79 Å². The largest absolute Gasteiger partial charge is 0.368 e. The molecule has 26 heavy (non-hydrogen) atoms. The molecule has 1 aliphatic rings. The van der Waals surface area contributed by atoms with E-state index in [9.17, 15) is 9.59 Å². The van der Waals surface area contributed by atoms with Crippen molar-refractivity contribution in [3.8, 4) is 0 Å². The first-order valence-electron chi connectivity index (χ1n) is 8.62. The van der Waals surface area contributed by atoms with Gasteiger partial charge in [0.25, 0.3) is 0 Å². The molecule has 136 valence electrons. The molecule has 6 heteroatoms. The first-order chi connectivity index (χ1) is 12.4. The minimum atomic E-state index is -0.0954. The predicted octanol–water partition coefficient (Wildman–Crippen LogP) is 4.21. The molecule has 1 aliphatic heterocycles. The van der Waals surface area contributed by atoms with Gasteiger partial charge in [0.15, 0.2) is 5.78 Å². The minimum absolute atomic E-state index is 0.0653. The normalized spacial score (nSPS) is 14.3. The number of nitrogens with one attached hydrogen (secondary N) is 1. The second kappa shape index (κ2) is 7.79. The zero-order chi connectivity index (χ0) is 18.7. The minimum Gasteiger partial charge on any atom is -0.368 e. The second-order valence-corrected chi connectivity index (χ2v) is 6.90. The number of hydrogen-bond acceptors (Lipinski definition) is 3. The quantitative estimate of drug-likeness (QED) is 0.822. The smallest absolute Gasteiger partial charge is 0.321 e. The molecule has 0 spiro atoms. The topological polar surface area (TPSA) is 52.7 Å². The highest BCUT2D eigenvalue weighted by Gasteiger charge is 2.21. The number of Topliss-reactive ketones (excluding diaryl/α,β-unsaturated/α-hetero) is 1. The summed E-state index contributed by atoms with van der Waals surface area (Å²) in [6, 6.07) is 12.9. The van der Waals surface area contributed by atoms with Crippen LogP contribution in [0.3, 0.4) is 0 Å². The maximum Gasteiger partial charge on any atom is 0.321 e. The number of urea groups is 1. The highest BCUT2D eigenvalue weighted by Crippen LogP contribution is 2.21. The molecule has 0 aliphatic carbocycles. The van der Waals surface area contributed by atoms with Gasteiger partial charge in [0.2, 0.25) is 0 Å². The third-order valence-corrected chi connectivity index (χ3v) is 4.87. The third kappa shape index (κ3) is 4.17. The lowest BCUT2D eigenvalue weighted by Gasteiger charge is -2.36. The Hall–Kier alpha value is -2.53. The molecule has 0 aromatic heterocycles. The van der Waals surface area contributed by atoms with Crippen molar-refractivity contribution < 1.29 is 9.59 Å². The Morgan fingerprint density at radius 2 is 1.65 bits per heavy atom. The lowest BCUT2D eigenvalue weighted by atomic mass is 10.1. The van der Waals surface area contributed by atoms with Gasteiger partial charge in [0, 0.05) is 48.1 Å². The van der Waals surface area contributed by atoms with Crippen LogP contribution in [0, 0.1) is 6.92 Å². The number of benzene rings is 2. The predicted molar refractivity (Wildman–Crippen MR) is 105 cm³/mol. The number of aryl methyl sites for hydroxylation is 1. The van der Waals surface area contributed by atoms with Crippen LogP contribution in [0.15, 0.2) is 42.5 Å². The van der Waals surface area contributed by atoms with E-state index >= 15 is 0 Å². The van der Waals surface area contributed by atoms with Crippen LogP contribution in [-0.2, 0) is 0 Å². The zero-order valence-corrected chi connectivity index (χ0v) is 15.7. The molecule has 5 nitrogen and oxygen atoms in total. The van der Waals surface area contributed by atoms with Crippen molar-refractivity contribution >= 4 is 34.8 Å². The summed E-state index contributed by atoms with van der Waals surface area (Å²) in [7, 11) is 0. The van der Waals surface area contributed by atoms with E-state index in [0.717, 1.165) is 30.0 Å². The second-order valence-electron chi connectivity index (χ2n) is 6.47. The number of ketones is 1. The van der Waals surface area contributed by atoms with Crippen molar-refractivity contribution in [3.05, 3.63) is 58.6 Å². The van der Waals surface area contributed by atoms with Gasteiger partial charge in [-0.1, -0.05) is 11.6 Å². The molecule has 2 aromatic carbocycles. The Labute approximate surface area is 158 Å². The van der Waals surface area contributed by atoms with Gasteiger partial charge in [-0.05, 0) is 61.9 Å². The Morgan fingerprint density at radius 1 is 1.00 bits per heavy atom. The maximum absolute atomic E-state index is 12.5. The Bertz CT molecular complexity index is 812. The van der Waals surface area contributed by atoms with E-state index in [-0.39, 0.29) is 11.8 Å². The molecule has 0 atom stereocenters. The fourth-order valence-corrected chi connectivity index (χ4v) is 3.26. The van der Waals surface area contributed by atoms with E-state index in [1.54, 1.807) is 13.0 Å². The van der Waals surface area contributed by atoms with E-state index in [0.29, 0.717) is 23.7 Å². The van der Waals surface area contributed by atoms with Crippen molar-refractivity contribution in [2.75, 3.05) is 36.4 Å². The Balaban J connectivity index is 1.57. The molecule has 1 fully saturated rings. The van der Waals surface area contributed by atoms with Gasteiger partial charge >= 0.3 is 6.03 Å². The molecule has 0 saturated carbocycles. The van der Waals surface area contributed by atoms with Gasteiger partial charge in [-0.3, -0.25) is 4.79 Å². The van der Waals surface area contributed by atoms with E-state index < -0.39 is 0 Å². The number of carbonyl (C=O) groups excluding carboxylic acids is 2. The highest BCUT2D eigenvalue weighted by molar-refractivity contribution is 6.30. The summed E-state index contributed by atoms with van der Waals surface area (Å²) in [6.45, 7) is 6.29. The number of nitrogens with zero attached hydrogens (tertiary/aromatic N) is 2. The lowest BCUT2D eigenvalue weighted by molar-refractivity contribution is 0.101. The van der Waals surface area contributed by atoms with Gasteiger partial charge < -0.3 is 15.1 Å². The van der Waals surface area contributed by atoms with Crippen LogP contribution in [0.1, 0.15) is 22.8 Å². The maximum atomic E-state index is 12.5. The summed E-state index contributed by atoms with van der Waals surface area (Å²) in [6.07, 6.45) is 0. The number of carbonyl (C=O) groups is 2. The SMILES string of the molecule is CC(=O)c1ccc(N2CCN(C(=O)Nc3ccc(Cl)cc3C)CC2)cc1. The first kappa shape index (κ1) is 18.3. The molecular formula is C20H22ClN3O2. The van der Waals surface area contributed by atoms with Crippen LogP contribution in [0.25, 0.3) is 0 Å². The van der Waals surface area contributed by atoms with Crippen molar-refractivity contribution in [1.82, 2.24) is 4.90 Å². The summed E-state index contributed by atoms with van der Waals surface area (Å²) in [5.74, 6) is 0.0653. The summed E-state index contributed by atoms with van der Waals surface area (Å²) in [4.78, 5) is 27.9. The van der Waals surface area contributed by atoms with Crippen LogP contribution >= 0.6 is 11.6 Å². The van der Waals surface area contributed by atoms with Crippen molar-refractivity contribution in [1.29, 1.82) is 0 Å². The van der Waals surface area contributed by atoms with Gasteiger partial charge in [-0.15, -0.1) is 0 Å². The zero-order valence-electron chi connectivity index (χ0n) is 15.0. The number of amides is 2. The third-order valence-electron chi connectivity index (χ3n) is 4.64. The van der Waals surface area contributed by atoms with E-state index in [1.807, 2.05) is 48.2 Å². The fourth-order valence-electron chi connectivity index (χ4n) is 3.04. The molecule has 1 heterocycles. The molecule has 2 amide bonds. The van der Waals surface area contributed by atoms with E-state index in [1.165, 1.54) is 0 Å². The number of rotatable bonds is 3. The van der Waals surface area contributed by atoms with Crippen LogP contribution in [0.5, 0.6) is 0 Å². The molecule has 2 aromatic rings. The molecule has 0 unspecified atom stereocenters. The monoisotopic (exact) mass is 371 g/mol. The van der Waals surface area contributed by atoms with Crippen LogP contribution in [0.2, 0.25) is 5.02 Å². The van der Waals surface area contributed by atoms with E-state index in [4.69, 9.17) is 11.6 Å². The summed E-state index contributed by atoms with van der Waals surface area (Å²) >= 11 is 5.96. The number of piperazine rings is 1. The van der Waals surface area contributed by atoms with Gasteiger partial charge in [0.1, 0.15) is 0 Å². The average molecular weight is 372 g/mol. The highest BCUT2D eigenvalue weighted by atomic mass is 35.5. The number of hydrogen-bond donors (Lipinski definition) is 1. The Kier molecular flexibility index (Phi) is 5.47. The standard InChI is InChI=1S/C20H22ClN3O2/c1-14-13-17(21)5-8-19(14)22-20(26)24-11-9-23(10-12-24)18-6-3-16(4-7-18)15(2)25/h3-8,13H,9-12H2,1-2H3,(H,22,26). The van der Waals surface area contributed by atoms with Crippen molar-refractivity contribution in [3.63, 3.8) is 0 Å². The number of halogens is 1. The summed E-state index contributed by atoms with van der Waals surface area (Å²) in [5.41, 5.74) is 3.51. The molecule has 1 saturated heterocycles. The van der Waals surface area contributed by atoms with E-state index in [2.05, 4.69) is 10.2 Å². The van der Waals surface area contributed by atoms with Gasteiger partial charge in [-0.2, -0.15) is 0 Å². The summed E-state index contributed by atoms with van der Waals surface area (Å²) < 4.78 is 0. The van der Waals surface area contributed by atoms with Crippen molar-refractivity contribution in [2.45, 2.75) is 13.8 Å². The number of anilines is 2. The Morgan fingerprint density at radius 3 is 2.23 bits per heavy atom. The molecule has 3 rings (SSSR count). The van der Waals surface area contributed by atoms with Crippen LogP contribution in [-0.4, -0.2) is 42.9 Å². The molecule has 1 N–H and O–H groups in total. The van der Waals surface area contributed by atoms with Crippen molar-refractivity contribution in [2.24, 2.45) is 0 Å². The van der Waals surface area contributed by atoms with Gasteiger partial charge in [0.05, 0.1) is 0 Å². The first-order valence-corrected chi connectivity index (χ1v) is 9.00. The van der Waals surface area contributed by atoms with Crippen LogP contribution in [0.4, 0.5) is 16.2 Å². The lowest BCUT2D eigenvalue weighted by Crippen LogP contribution is -2.50. The average Bonchev–Trinajstić information content (AvgIpc) is 2.64.